The van der Waals surface area contributed by atoms with Crippen molar-refractivity contribution in [3.63, 3.8) is 0 Å². The molecule has 0 saturated carbocycles. The molecule has 0 N–H and O–H groups in total. The molecule has 27 heavy (non-hydrogen) atoms. The number of hydrogen-bond donors (Lipinski definition) is 0. The van der Waals surface area contributed by atoms with Crippen molar-refractivity contribution < 1.29 is 14.2 Å². The Hall–Kier alpha value is -2.09. The first kappa shape index (κ1) is 18.3. The Labute approximate surface area is 163 Å². The lowest BCUT2D eigenvalue weighted by Crippen LogP contribution is -2.37. The van der Waals surface area contributed by atoms with Crippen LogP contribution < -0.4 is 4.90 Å². The van der Waals surface area contributed by atoms with E-state index >= 15 is 0 Å². The maximum atomic E-state index is 6.18. The monoisotopic (exact) mass is 385 g/mol. The summed E-state index contributed by atoms with van der Waals surface area (Å²) in [6.45, 7) is 5.51. The highest BCUT2D eigenvalue weighted by atomic mass is 32.2. The van der Waals surface area contributed by atoms with Crippen molar-refractivity contribution in [3.8, 4) is 0 Å². The summed E-state index contributed by atoms with van der Waals surface area (Å²) in [4.78, 5) is 11.8. The molecule has 1 atom stereocenters. The Morgan fingerprint density at radius 3 is 2.70 bits per heavy atom. The van der Waals surface area contributed by atoms with E-state index in [0.29, 0.717) is 19.8 Å². The van der Waals surface area contributed by atoms with Gasteiger partial charge in [-0.05, 0) is 24.8 Å². The predicted octanol–water partition coefficient (Wildman–Crippen LogP) is 3.60. The summed E-state index contributed by atoms with van der Waals surface area (Å²) < 4.78 is 17.6. The fourth-order valence-electron chi connectivity index (χ4n) is 3.25. The van der Waals surface area contributed by atoms with Crippen molar-refractivity contribution in [1.29, 1.82) is 0 Å². The standard InChI is InChI=1S/C20H23N3O3S/c1-3-25-19-16-17(15(26-19)13-14-7-5-4-6-8-14)21-20(27-2)22-18(16)23-9-11-24-12-10-23/h4-8,13,19H,3,9-12H2,1-2H3/b15-13-. The van der Waals surface area contributed by atoms with E-state index in [1.165, 1.54) is 11.8 Å². The second-order valence-electron chi connectivity index (χ2n) is 6.22. The molecule has 6 nitrogen and oxygen atoms in total. The summed E-state index contributed by atoms with van der Waals surface area (Å²) in [6.07, 6.45) is 3.51. The molecule has 4 rings (SSSR count). The molecule has 0 amide bonds. The highest BCUT2D eigenvalue weighted by molar-refractivity contribution is 7.98. The van der Waals surface area contributed by atoms with Gasteiger partial charge in [0.05, 0.1) is 18.8 Å². The Morgan fingerprint density at radius 1 is 1.22 bits per heavy atom. The zero-order valence-corrected chi connectivity index (χ0v) is 16.4. The number of thioether (sulfide) groups is 1. The molecule has 3 heterocycles. The summed E-state index contributed by atoms with van der Waals surface area (Å²) in [5.74, 6) is 1.62. The fraction of sp³-hybridized carbons (Fsp3) is 0.400. The van der Waals surface area contributed by atoms with Gasteiger partial charge in [-0.3, -0.25) is 0 Å². The van der Waals surface area contributed by atoms with Crippen molar-refractivity contribution in [1.82, 2.24) is 9.97 Å². The van der Waals surface area contributed by atoms with Crippen LogP contribution in [0.2, 0.25) is 0 Å². The SMILES string of the molecule is CCOC1O/C(=C\c2ccccc2)c2nc(SC)nc(N3CCOCC3)c21. The largest absolute Gasteiger partial charge is 0.458 e. The normalized spacial score (nSPS) is 20.6. The Kier molecular flexibility index (Phi) is 5.61. The van der Waals surface area contributed by atoms with Crippen LogP contribution in [-0.4, -0.2) is 49.1 Å². The summed E-state index contributed by atoms with van der Waals surface area (Å²) in [5.41, 5.74) is 2.80. The number of ether oxygens (including phenoxy) is 3. The Balaban J connectivity index is 1.82. The number of benzene rings is 1. The van der Waals surface area contributed by atoms with Crippen molar-refractivity contribution in [2.45, 2.75) is 18.4 Å². The van der Waals surface area contributed by atoms with Gasteiger partial charge in [-0.1, -0.05) is 42.1 Å². The number of fused-ring (bicyclic) bond motifs is 1. The van der Waals surface area contributed by atoms with Gasteiger partial charge < -0.3 is 19.1 Å². The minimum absolute atomic E-state index is 0.492. The van der Waals surface area contributed by atoms with Crippen LogP contribution in [0.25, 0.3) is 11.8 Å². The van der Waals surface area contributed by atoms with Gasteiger partial charge >= 0.3 is 0 Å². The highest BCUT2D eigenvalue weighted by Crippen LogP contribution is 2.44. The minimum atomic E-state index is -0.492. The van der Waals surface area contributed by atoms with Crippen molar-refractivity contribution >= 4 is 29.4 Å². The molecule has 2 aromatic rings. The topological polar surface area (TPSA) is 56.7 Å². The number of rotatable bonds is 5. The van der Waals surface area contributed by atoms with Crippen LogP contribution in [0.15, 0.2) is 35.5 Å². The molecule has 1 fully saturated rings. The van der Waals surface area contributed by atoms with Gasteiger partial charge in [-0.2, -0.15) is 0 Å². The predicted molar refractivity (Wildman–Crippen MR) is 107 cm³/mol. The van der Waals surface area contributed by atoms with Gasteiger partial charge in [-0.15, -0.1) is 0 Å². The molecular weight excluding hydrogens is 362 g/mol. The lowest BCUT2D eigenvalue weighted by molar-refractivity contribution is -0.0860. The Morgan fingerprint density at radius 2 is 2.00 bits per heavy atom. The molecule has 0 bridgehead atoms. The zero-order valence-electron chi connectivity index (χ0n) is 15.6. The third kappa shape index (κ3) is 3.81. The molecule has 1 aromatic heterocycles. The first-order valence-corrected chi connectivity index (χ1v) is 10.4. The highest BCUT2D eigenvalue weighted by Gasteiger charge is 2.36. The van der Waals surface area contributed by atoms with E-state index in [1.54, 1.807) is 0 Å². The van der Waals surface area contributed by atoms with Crippen LogP contribution >= 0.6 is 11.8 Å². The molecule has 0 radical (unpaired) electrons. The fourth-order valence-corrected chi connectivity index (χ4v) is 3.61. The lowest BCUT2D eigenvalue weighted by atomic mass is 10.1. The maximum Gasteiger partial charge on any atom is 0.232 e. The van der Waals surface area contributed by atoms with Crippen LogP contribution in [0.4, 0.5) is 5.82 Å². The molecule has 2 aliphatic heterocycles. The maximum absolute atomic E-state index is 6.18. The summed E-state index contributed by atoms with van der Waals surface area (Å²) in [7, 11) is 0. The summed E-state index contributed by atoms with van der Waals surface area (Å²) >= 11 is 1.53. The molecule has 1 saturated heterocycles. The van der Waals surface area contributed by atoms with Crippen LogP contribution in [-0.2, 0) is 14.2 Å². The smallest absolute Gasteiger partial charge is 0.232 e. The average molecular weight is 385 g/mol. The first-order valence-electron chi connectivity index (χ1n) is 9.14. The van der Waals surface area contributed by atoms with Crippen LogP contribution in [0.5, 0.6) is 0 Å². The lowest BCUT2D eigenvalue weighted by Gasteiger charge is -2.29. The second kappa shape index (κ2) is 8.29. The van der Waals surface area contributed by atoms with E-state index in [4.69, 9.17) is 24.2 Å². The van der Waals surface area contributed by atoms with Gasteiger partial charge in [0, 0.05) is 19.7 Å². The molecule has 0 spiro atoms. The molecule has 2 aliphatic rings. The van der Waals surface area contributed by atoms with E-state index < -0.39 is 6.29 Å². The molecule has 0 aliphatic carbocycles. The summed E-state index contributed by atoms with van der Waals surface area (Å²) in [6, 6.07) is 10.1. The van der Waals surface area contributed by atoms with Gasteiger partial charge in [-0.25, -0.2) is 9.97 Å². The number of anilines is 1. The van der Waals surface area contributed by atoms with Gasteiger partial charge in [0.25, 0.3) is 0 Å². The van der Waals surface area contributed by atoms with Crippen LogP contribution in [0, 0.1) is 0 Å². The molecule has 1 aromatic carbocycles. The van der Waals surface area contributed by atoms with E-state index in [9.17, 15) is 0 Å². The first-order chi connectivity index (χ1) is 13.3. The van der Waals surface area contributed by atoms with Gasteiger partial charge in [0.2, 0.25) is 6.29 Å². The third-order valence-electron chi connectivity index (χ3n) is 4.52. The van der Waals surface area contributed by atoms with E-state index in [2.05, 4.69) is 4.90 Å². The number of morpholine rings is 1. The average Bonchev–Trinajstić information content (AvgIpc) is 3.06. The third-order valence-corrected chi connectivity index (χ3v) is 5.06. The van der Waals surface area contributed by atoms with Gasteiger partial charge in [0.15, 0.2) is 5.16 Å². The van der Waals surface area contributed by atoms with E-state index in [1.807, 2.05) is 49.6 Å². The molecule has 7 heteroatoms. The van der Waals surface area contributed by atoms with Crippen LogP contribution in [0.3, 0.4) is 0 Å². The van der Waals surface area contributed by atoms with Crippen molar-refractivity contribution in [2.24, 2.45) is 0 Å². The number of nitrogens with zero attached hydrogens (tertiary/aromatic N) is 3. The zero-order chi connectivity index (χ0) is 18.6. The number of aromatic nitrogens is 2. The second-order valence-corrected chi connectivity index (χ2v) is 6.99. The summed E-state index contributed by atoms with van der Waals surface area (Å²) in [5, 5.41) is 0.731. The quantitative estimate of drug-likeness (QED) is 0.576. The Bertz CT molecular complexity index is 823. The van der Waals surface area contributed by atoms with Crippen molar-refractivity contribution in [2.75, 3.05) is 44.1 Å². The van der Waals surface area contributed by atoms with Gasteiger partial charge in [0.1, 0.15) is 17.3 Å². The molecule has 1 unspecified atom stereocenters. The van der Waals surface area contributed by atoms with Crippen LogP contribution in [0.1, 0.15) is 30.0 Å². The van der Waals surface area contributed by atoms with E-state index in [0.717, 1.165) is 46.6 Å². The van der Waals surface area contributed by atoms with E-state index in [-0.39, 0.29) is 0 Å². The number of hydrogen-bond acceptors (Lipinski definition) is 7. The molecule has 142 valence electrons. The molecular formula is C20H23N3O3S. The minimum Gasteiger partial charge on any atom is -0.458 e. The van der Waals surface area contributed by atoms with Crippen molar-refractivity contribution in [3.05, 3.63) is 47.2 Å².